The van der Waals surface area contributed by atoms with Gasteiger partial charge in [-0.25, -0.2) is 0 Å². The molecule has 0 N–H and O–H groups in total. The van der Waals surface area contributed by atoms with Crippen LogP contribution in [0.25, 0.3) is 34.4 Å². The maximum Gasteiger partial charge on any atom is -1.00 e. The molecule has 8 rings (SSSR count). The van der Waals surface area contributed by atoms with Gasteiger partial charge in [0.25, 0.3) is 0 Å². The molecule has 3 aliphatic carbocycles. The summed E-state index contributed by atoms with van der Waals surface area (Å²) in [6.07, 6.45) is 13.8. The number of hydrogen-bond donors (Lipinski definition) is 0. The minimum atomic E-state index is -3.33. The average molecular weight is 938 g/mol. The quantitative estimate of drug-likeness (QED) is 0.155. The first-order valence-electron chi connectivity index (χ1n) is 21.1. The number of fused-ring (bicyclic) bond motifs is 3. The van der Waals surface area contributed by atoms with Crippen molar-refractivity contribution in [3.8, 4) is 22.3 Å². The normalized spacial score (nSPS) is 22.8. The Morgan fingerprint density at radius 2 is 0.891 bits per heavy atom. The van der Waals surface area contributed by atoms with Gasteiger partial charge < -0.3 is 24.8 Å². The molecule has 4 aromatic rings. The Hall–Kier alpha value is -2.19. The third-order valence-electron chi connectivity index (χ3n) is 13.7. The molecular formula is C52H64Cl2Hf. The van der Waals surface area contributed by atoms with Crippen molar-refractivity contribution < 1.29 is 44.8 Å². The molecular weight excluding hydrogens is 874 g/mol. The molecule has 290 valence electrons. The van der Waals surface area contributed by atoms with E-state index in [9.17, 15) is 0 Å². The Bertz CT molecular complexity index is 1920. The van der Waals surface area contributed by atoms with E-state index in [0.717, 1.165) is 7.35 Å². The molecule has 0 amide bonds. The van der Waals surface area contributed by atoms with Crippen molar-refractivity contribution in [2.24, 2.45) is 11.8 Å². The summed E-state index contributed by atoms with van der Waals surface area (Å²) in [5.41, 5.74) is 18.9. The van der Waals surface area contributed by atoms with Crippen LogP contribution in [0.15, 0.2) is 96.1 Å². The van der Waals surface area contributed by atoms with E-state index in [1.165, 1.54) is 71.9 Å². The first-order chi connectivity index (χ1) is 25.2. The van der Waals surface area contributed by atoms with Crippen LogP contribution in [-0.2, 0) is 30.8 Å². The fraction of sp³-hybridized carbons (Fsp3) is 0.462. The van der Waals surface area contributed by atoms with Crippen LogP contribution in [0.1, 0.15) is 148 Å². The summed E-state index contributed by atoms with van der Waals surface area (Å²) in [6.45, 7) is 23.8. The summed E-state index contributed by atoms with van der Waals surface area (Å²) >= 11 is -3.33. The van der Waals surface area contributed by atoms with Crippen molar-refractivity contribution >= 4 is 12.2 Å². The van der Waals surface area contributed by atoms with Gasteiger partial charge in [-0.15, -0.1) is 0 Å². The molecule has 0 nitrogen and oxygen atoms in total. The van der Waals surface area contributed by atoms with Crippen LogP contribution < -0.4 is 24.8 Å². The van der Waals surface area contributed by atoms with Crippen molar-refractivity contribution in [1.82, 2.24) is 0 Å². The summed E-state index contributed by atoms with van der Waals surface area (Å²) in [6, 6.07) is 34.0. The van der Waals surface area contributed by atoms with Crippen LogP contribution in [0.5, 0.6) is 0 Å². The van der Waals surface area contributed by atoms with Crippen molar-refractivity contribution in [3.05, 3.63) is 129 Å². The Balaban J connectivity index is 0.00000257. The molecule has 4 unspecified atom stereocenters. The zero-order valence-corrected chi connectivity index (χ0v) is 40.3. The molecule has 1 saturated heterocycles. The van der Waals surface area contributed by atoms with Crippen LogP contribution in [0.4, 0.5) is 0 Å². The first kappa shape index (κ1) is 42.4. The molecule has 1 saturated carbocycles. The molecule has 1 heterocycles. The van der Waals surface area contributed by atoms with Gasteiger partial charge in [0.15, 0.2) is 0 Å². The second-order valence-electron chi connectivity index (χ2n) is 20.3. The van der Waals surface area contributed by atoms with Crippen molar-refractivity contribution in [3.63, 3.8) is 0 Å². The second-order valence-corrected chi connectivity index (χ2v) is 36.9. The molecule has 55 heavy (non-hydrogen) atoms. The van der Waals surface area contributed by atoms with Gasteiger partial charge in [-0.3, -0.25) is 0 Å². The van der Waals surface area contributed by atoms with Gasteiger partial charge in [-0.05, 0) is 0 Å². The monoisotopic (exact) mass is 938 g/mol. The number of rotatable bonds is 8. The van der Waals surface area contributed by atoms with E-state index in [1.54, 1.807) is 33.4 Å². The standard InChI is InChI=1S/2C23H27.C6H10.2ClH.Hf/c2*1-16(2)13-17-14-19-7-6-8-21(22(19)15-17)18-9-11-20(12-10-18)23(3,4)5;1-2-4-6-5-3-1;;;/h2*6-12,14-16H,13H2,1-5H3;1-2H,3-6H2;2*1H;/q;;;;;+2/p-2. The minimum Gasteiger partial charge on any atom is -1.00 e. The molecule has 0 spiro atoms. The van der Waals surface area contributed by atoms with E-state index >= 15 is 0 Å². The van der Waals surface area contributed by atoms with Crippen molar-refractivity contribution in [1.29, 1.82) is 0 Å². The third-order valence-corrected chi connectivity index (χ3v) is 38.6. The molecule has 0 bridgehead atoms. The van der Waals surface area contributed by atoms with E-state index in [4.69, 9.17) is 0 Å². The van der Waals surface area contributed by atoms with Crippen molar-refractivity contribution in [2.75, 3.05) is 0 Å². The number of hydrogen-bond acceptors (Lipinski definition) is 0. The Morgan fingerprint density at radius 1 is 0.527 bits per heavy atom. The third kappa shape index (κ3) is 7.51. The zero-order valence-electron chi connectivity index (χ0n) is 35.2. The van der Waals surface area contributed by atoms with E-state index in [0.29, 0.717) is 19.2 Å². The van der Waals surface area contributed by atoms with Gasteiger partial charge in [0, 0.05) is 0 Å². The van der Waals surface area contributed by atoms with Crippen LogP contribution in [0.3, 0.4) is 0 Å². The van der Waals surface area contributed by atoms with E-state index in [2.05, 4.69) is 166 Å². The summed E-state index contributed by atoms with van der Waals surface area (Å²) < 4.78 is 3.36. The number of halogens is 2. The van der Waals surface area contributed by atoms with Gasteiger partial charge >= 0.3 is 329 Å². The fourth-order valence-corrected chi connectivity index (χ4v) is 46.7. The smallest absolute Gasteiger partial charge is 1.00 e. The largest absolute Gasteiger partial charge is 1.00 e. The molecule has 1 aliphatic heterocycles. The van der Waals surface area contributed by atoms with Gasteiger partial charge in [0.1, 0.15) is 0 Å². The van der Waals surface area contributed by atoms with Crippen LogP contribution in [0, 0.1) is 11.8 Å². The van der Waals surface area contributed by atoms with Gasteiger partial charge in [0.2, 0.25) is 0 Å². The molecule has 4 aromatic carbocycles. The SMILES string of the molecule is CC(C)CC1=Cc2c(-c3ccc(C(C)(C)C)cc3)cccc2[CH]1[Hf+2]1([CH]2C(CC(C)C)=Cc3c(-c4ccc(C(C)(C)C)cc4)cccc32)[CH]2CCCC[CH]21.[Cl-].[Cl-]. The van der Waals surface area contributed by atoms with E-state index in [1.807, 2.05) is 0 Å². The maximum atomic E-state index is 2.74. The zero-order chi connectivity index (χ0) is 37.4. The predicted molar refractivity (Wildman–Crippen MR) is 227 cm³/mol. The molecule has 2 fully saturated rings. The van der Waals surface area contributed by atoms with E-state index < -0.39 is 20.0 Å². The molecule has 0 aromatic heterocycles. The number of allylic oxidation sites excluding steroid dienone is 2. The summed E-state index contributed by atoms with van der Waals surface area (Å²) in [7, 11) is 0. The fourth-order valence-electron chi connectivity index (χ4n) is 11.5. The van der Waals surface area contributed by atoms with E-state index in [-0.39, 0.29) is 35.6 Å². The van der Waals surface area contributed by atoms with Gasteiger partial charge in [-0.2, -0.15) is 0 Å². The van der Waals surface area contributed by atoms with Gasteiger partial charge in [0.05, 0.1) is 0 Å². The average Bonchev–Trinajstić information content (AvgIpc) is 3.38. The summed E-state index contributed by atoms with van der Waals surface area (Å²) in [5, 5.41) is 0. The predicted octanol–water partition coefficient (Wildman–Crippen LogP) is 9.61. The second kappa shape index (κ2) is 15.9. The Morgan fingerprint density at radius 3 is 1.22 bits per heavy atom. The molecule has 4 atom stereocenters. The summed E-state index contributed by atoms with van der Waals surface area (Å²) in [4.78, 5) is 0. The molecule has 0 radical (unpaired) electrons. The minimum absolute atomic E-state index is 0. The Kier molecular flexibility index (Phi) is 12.2. The summed E-state index contributed by atoms with van der Waals surface area (Å²) in [5.74, 6) is 1.31. The van der Waals surface area contributed by atoms with Crippen LogP contribution >= 0.6 is 0 Å². The van der Waals surface area contributed by atoms with Gasteiger partial charge in [-0.1, -0.05) is 0 Å². The first-order valence-corrected chi connectivity index (χ1v) is 29.4. The van der Waals surface area contributed by atoms with Crippen LogP contribution in [-0.4, -0.2) is 0 Å². The van der Waals surface area contributed by atoms with Crippen LogP contribution in [0.2, 0.25) is 7.35 Å². The molecule has 4 aliphatic rings. The topological polar surface area (TPSA) is 0 Å². The molecule has 3 heteroatoms. The number of benzene rings is 4. The van der Waals surface area contributed by atoms with Crippen molar-refractivity contribution in [2.45, 2.75) is 133 Å². The Labute approximate surface area is 351 Å². The maximum absolute atomic E-state index is 3.33.